The third kappa shape index (κ3) is 3.06. The van der Waals surface area contributed by atoms with Crippen LogP contribution in [0.25, 0.3) is 0 Å². The third-order valence-electron chi connectivity index (χ3n) is 4.54. The number of hydrogen-bond acceptors (Lipinski definition) is 2. The van der Waals surface area contributed by atoms with Crippen molar-refractivity contribution in [2.75, 3.05) is 0 Å². The fourth-order valence-electron chi connectivity index (χ4n) is 3.31. The molecule has 0 spiro atoms. The number of benzene rings is 1. The Morgan fingerprint density at radius 3 is 3.00 bits per heavy atom. The predicted molar refractivity (Wildman–Crippen MR) is 86.4 cm³/mol. The van der Waals surface area contributed by atoms with Gasteiger partial charge in [-0.2, -0.15) is 0 Å². The van der Waals surface area contributed by atoms with Crippen molar-refractivity contribution >= 4 is 5.91 Å². The maximum Gasteiger partial charge on any atom is 0.220 e. The Morgan fingerprint density at radius 2 is 2.23 bits per heavy atom. The minimum Gasteiger partial charge on any atom is -0.349 e. The number of aromatic nitrogens is 2. The summed E-state index contributed by atoms with van der Waals surface area (Å²) < 4.78 is 2.08. The van der Waals surface area contributed by atoms with Crippen molar-refractivity contribution in [2.24, 2.45) is 5.92 Å². The highest BCUT2D eigenvalue weighted by molar-refractivity contribution is 5.76. The van der Waals surface area contributed by atoms with Gasteiger partial charge in [-0.3, -0.25) is 4.79 Å². The van der Waals surface area contributed by atoms with Crippen molar-refractivity contribution < 1.29 is 4.79 Å². The first kappa shape index (κ1) is 14.8. The molecular weight excluding hydrogens is 274 g/mol. The van der Waals surface area contributed by atoms with Gasteiger partial charge in [-0.25, -0.2) is 4.98 Å². The number of carbonyl (C=O) groups is 1. The number of amides is 1. The quantitative estimate of drug-likeness (QED) is 0.922. The number of aryl methyl sites for hydroxylation is 2. The summed E-state index contributed by atoms with van der Waals surface area (Å²) in [4.78, 5) is 16.4. The zero-order valence-electron chi connectivity index (χ0n) is 13.2. The number of rotatable bonds is 5. The van der Waals surface area contributed by atoms with E-state index in [0.29, 0.717) is 12.3 Å². The summed E-state index contributed by atoms with van der Waals surface area (Å²) in [5.41, 5.74) is 2.66. The first-order valence-electron chi connectivity index (χ1n) is 8.00. The number of carbonyl (C=O) groups excluding carboxylic acids is 1. The molecule has 1 N–H and O–H groups in total. The van der Waals surface area contributed by atoms with Crippen LogP contribution in [0.4, 0.5) is 0 Å². The molecule has 0 fully saturated rings. The van der Waals surface area contributed by atoms with Gasteiger partial charge in [0.2, 0.25) is 5.91 Å². The Bertz CT molecular complexity index is 662. The SMILES string of the molecule is Cc1nccn1CCCC(=O)N[C@@H]1c2ccccc2C[C@H]1C. The van der Waals surface area contributed by atoms with E-state index in [1.807, 2.05) is 13.1 Å². The molecule has 4 nitrogen and oxygen atoms in total. The average Bonchev–Trinajstić information content (AvgIpc) is 3.04. The number of imidazole rings is 1. The van der Waals surface area contributed by atoms with Crippen molar-refractivity contribution in [1.29, 1.82) is 0 Å². The molecule has 2 aromatic rings. The molecule has 1 heterocycles. The molecule has 1 aromatic heterocycles. The van der Waals surface area contributed by atoms with Gasteiger partial charge >= 0.3 is 0 Å². The molecule has 0 saturated heterocycles. The number of hydrogen-bond donors (Lipinski definition) is 1. The van der Waals surface area contributed by atoms with Crippen LogP contribution in [0, 0.1) is 12.8 Å². The minimum absolute atomic E-state index is 0.145. The van der Waals surface area contributed by atoms with Crippen LogP contribution in [-0.4, -0.2) is 15.5 Å². The van der Waals surface area contributed by atoms with Crippen LogP contribution < -0.4 is 5.32 Å². The van der Waals surface area contributed by atoms with Crippen molar-refractivity contribution in [3.05, 3.63) is 53.6 Å². The summed E-state index contributed by atoms with van der Waals surface area (Å²) in [5, 5.41) is 3.22. The summed E-state index contributed by atoms with van der Waals surface area (Å²) in [5.74, 6) is 1.61. The minimum atomic E-state index is 0.145. The van der Waals surface area contributed by atoms with Crippen molar-refractivity contribution in [1.82, 2.24) is 14.9 Å². The van der Waals surface area contributed by atoms with E-state index < -0.39 is 0 Å². The van der Waals surface area contributed by atoms with E-state index in [-0.39, 0.29) is 11.9 Å². The van der Waals surface area contributed by atoms with Crippen LogP contribution in [0.15, 0.2) is 36.7 Å². The van der Waals surface area contributed by atoms with Crippen LogP contribution in [0.5, 0.6) is 0 Å². The van der Waals surface area contributed by atoms with Crippen molar-refractivity contribution in [3.8, 4) is 0 Å². The Kier molecular flexibility index (Phi) is 4.27. The molecule has 1 aliphatic carbocycles. The monoisotopic (exact) mass is 297 g/mol. The van der Waals surface area contributed by atoms with E-state index in [1.165, 1.54) is 11.1 Å². The van der Waals surface area contributed by atoms with E-state index >= 15 is 0 Å². The van der Waals surface area contributed by atoms with Gasteiger partial charge < -0.3 is 9.88 Å². The third-order valence-corrected chi connectivity index (χ3v) is 4.54. The largest absolute Gasteiger partial charge is 0.349 e. The molecule has 22 heavy (non-hydrogen) atoms. The van der Waals surface area contributed by atoms with Gasteiger partial charge in [0.05, 0.1) is 6.04 Å². The molecule has 0 unspecified atom stereocenters. The maximum absolute atomic E-state index is 12.2. The molecule has 0 aliphatic heterocycles. The molecule has 2 atom stereocenters. The second kappa shape index (κ2) is 6.34. The van der Waals surface area contributed by atoms with Gasteiger partial charge in [0.25, 0.3) is 0 Å². The highest BCUT2D eigenvalue weighted by Crippen LogP contribution is 2.35. The summed E-state index contributed by atoms with van der Waals surface area (Å²) in [7, 11) is 0. The van der Waals surface area contributed by atoms with Gasteiger partial charge in [-0.15, -0.1) is 0 Å². The predicted octanol–water partition coefficient (Wildman–Crippen LogP) is 3.02. The van der Waals surface area contributed by atoms with Crippen molar-refractivity contribution in [2.45, 2.75) is 45.7 Å². The average molecular weight is 297 g/mol. The molecule has 0 radical (unpaired) electrons. The Balaban J connectivity index is 1.53. The lowest BCUT2D eigenvalue weighted by Gasteiger charge is -2.19. The highest BCUT2D eigenvalue weighted by atomic mass is 16.1. The number of nitrogens with zero attached hydrogens (tertiary/aromatic N) is 2. The molecule has 4 heteroatoms. The van der Waals surface area contributed by atoms with Crippen LogP contribution >= 0.6 is 0 Å². The normalized spacial score (nSPS) is 19.9. The van der Waals surface area contributed by atoms with Gasteiger partial charge in [0.1, 0.15) is 5.82 Å². The highest BCUT2D eigenvalue weighted by Gasteiger charge is 2.29. The molecule has 1 aliphatic rings. The van der Waals surface area contributed by atoms with Crippen LogP contribution in [0.1, 0.15) is 42.8 Å². The smallest absolute Gasteiger partial charge is 0.220 e. The lowest BCUT2D eigenvalue weighted by atomic mass is 10.0. The maximum atomic E-state index is 12.2. The van der Waals surface area contributed by atoms with Gasteiger partial charge in [-0.05, 0) is 36.8 Å². The summed E-state index contributed by atoms with van der Waals surface area (Å²) in [6.07, 6.45) is 6.21. The molecule has 116 valence electrons. The van der Waals surface area contributed by atoms with E-state index in [0.717, 1.165) is 25.2 Å². The van der Waals surface area contributed by atoms with Crippen molar-refractivity contribution in [3.63, 3.8) is 0 Å². The second-order valence-corrected chi connectivity index (χ2v) is 6.20. The lowest BCUT2D eigenvalue weighted by molar-refractivity contribution is -0.122. The fraction of sp³-hybridized carbons (Fsp3) is 0.444. The van der Waals surface area contributed by atoms with Gasteiger partial charge in [0.15, 0.2) is 0 Å². The molecule has 1 amide bonds. The molecule has 1 aromatic carbocycles. The Morgan fingerprint density at radius 1 is 1.41 bits per heavy atom. The van der Waals surface area contributed by atoms with Crippen LogP contribution in [-0.2, 0) is 17.8 Å². The van der Waals surface area contributed by atoms with Crippen LogP contribution in [0.2, 0.25) is 0 Å². The second-order valence-electron chi connectivity index (χ2n) is 6.20. The first-order chi connectivity index (χ1) is 10.6. The molecule has 3 rings (SSSR count). The molecule has 0 bridgehead atoms. The zero-order valence-corrected chi connectivity index (χ0v) is 13.2. The summed E-state index contributed by atoms with van der Waals surface area (Å²) in [6, 6.07) is 8.60. The topological polar surface area (TPSA) is 46.9 Å². The van der Waals surface area contributed by atoms with E-state index in [4.69, 9.17) is 0 Å². The van der Waals surface area contributed by atoms with Gasteiger partial charge in [0, 0.05) is 25.4 Å². The van der Waals surface area contributed by atoms with E-state index in [1.54, 1.807) is 6.20 Å². The molecule has 0 saturated carbocycles. The van der Waals surface area contributed by atoms with Gasteiger partial charge in [-0.1, -0.05) is 31.2 Å². The van der Waals surface area contributed by atoms with E-state index in [9.17, 15) is 4.79 Å². The zero-order chi connectivity index (χ0) is 15.5. The summed E-state index contributed by atoms with van der Waals surface area (Å²) in [6.45, 7) is 5.03. The lowest BCUT2D eigenvalue weighted by Crippen LogP contribution is -2.30. The first-order valence-corrected chi connectivity index (χ1v) is 8.00. The Labute approximate surface area is 131 Å². The standard InChI is InChI=1S/C18H23N3O/c1-13-12-15-6-3-4-7-16(15)18(13)20-17(22)8-5-10-21-11-9-19-14(21)2/h3-4,6-7,9,11,13,18H,5,8,10,12H2,1-2H3,(H,20,22)/t13-,18+/m1/s1. The van der Waals surface area contributed by atoms with Crippen LogP contribution in [0.3, 0.4) is 0 Å². The molecular formula is C18H23N3O. The fourth-order valence-corrected chi connectivity index (χ4v) is 3.31. The summed E-state index contributed by atoms with van der Waals surface area (Å²) >= 11 is 0. The number of nitrogens with one attached hydrogen (secondary N) is 1. The van der Waals surface area contributed by atoms with E-state index in [2.05, 4.69) is 46.1 Å². The Hall–Kier alpha value is -2.10. The number of fused-ring (bicyclic) bond motifs is 1.